The van der Waals surface area contributed by atoms with E-state index in [1.807, 2.05) is 0 Å². The van der Waals surface area contributed by atoms with Gasteiger partial charge in [-0.3, -0.25) is 0 Å². The van der Waals surface area contributed by atoms with Crippen molar-refractivity contribution in [2.75, 3.05) is 33.4 Å². The largest absolute Gasteiger partial charge is 1.00 e. The van der Waals surface area contributed by atoms with Gasteiger partial charge in [0.25, 0.3) is 0 Å². The maximum Gasteiger partial charge on any atom is 1.00 e. The Kier molecular flexibility index (Phi) is 10.7. The Hall–Kier alpha value is -2.49. The molecule has 0 atom stereocenters. The number of aliphatic hydroxyl groups is 1. The number of piperidine rings is 1. The van der Waals surface area contributed by atoms with E-state index in [1.165, 1.54) is 43.5 Å². The van der Waals surface area contributed by atoms with Gasteiger partial charge in [0.2, 0.25) is 0 Å². The summed E-state index contributed by atoms with van der Waals surface area (Å²) in [5, 5.41) is 23.0. The first kappa shape index (κ1) is 30.1. The maximum absolute atomic E-state index is 13.6. The molecule has 0 saturated carbocycles. The number of carboxylic acid groups (broad SMARTS) is 1. The van der Waals surface area contributed by atoms with E-state index in [2.05, 4.69) is 4.90 Å². The molecular weight excluding hydrogens is 503 g/mol. The first-order valence-corrected chi connectivity index (χ1v) is 12.3. The minimum atomic E-state index is -1.36. The number of hydrogen-bond donors (Lipinski definition) is 1. The van der Waals surface area contributed by atoms with Gasteiger partial charge in [-0.05, 0) is 91.9 Å². The molecule has 0 bridgehead atoms. The standard InChI is InChI=1S/C29H31F2NO5.Na/c1-36-27-19-20(28(33)34)3-12-26(27)37-18-2-15-32-16-13-23(14-17-32)29(35,21-4-8-24(30)9-5-21)22-6-10-25(31)11-7-22;/h3-12,19,23,35H,2,13-18H2,1H3,(H,33,34);/q;+1/p-1. The predicted molar refractivity (Wildman–Crippen MR) is 132 cm³/mol. The summed E-state index contributed by atoms with van der Waals surface area (Å²) in [4.78, 5) is 13.3. The van der Waals surface area contributed by atoms with E-state index in [0.717, 1.165) is 26.1 Å². The fourth-order valence-corrected chi connectivity index (χ4v) is 5.00. The van der Waals surface area contributed by atoms with E-state index in [-0.39, 0.29) is 52.7 Å². The zero-order valence-corrected chi connectivity index (χ0v) is 23.7. The van der Waals surface area contributed by atoms with Crippen molar-refractivity contribution in [1.29, 1.82) is 0 Å². The molecule has 1 aliphatic rings. The van der Waals surface area contributed by atoms with E-state index in [0.29, 0.717) is 42.1 Å². The van der Waals surface area contributed by atoms with Crippen LogP contribution in [-0.4, -0.2) is 49.3 Å². The van der Waals surface area contributed by atoms with Crippen molar-refractivity contribution >= 4 is 5.97 Å². The van der Waals surface area contributed by atoms with Crippen molar-refractivity contribution in [2.24, 2.45) is 5.92 Å². The topological polar surface area (TPSA) is 82.1 Å². The van der Waals surface area contributed by atoms with Crippen LogP contribution in [0.5, 0.6) is 11.5 Å². The third kappa shape index (κ3) is 6.93. The molecule has 1 saturated heterocycles. The fourth-order valence-electron chi connectivity index (χ4n) is 5.00. The molecule has 9 heteroatoms. The number of carboxylic acids is 1. The summed E-state index contributed by atoms with van der Waals surface area (Å²) in [6.45, 7) is 2.74. The number of benzene rings is 3. The summed E-state index contributed by atoms with van der Waals surface area (Å²) >= 11 is 0. The number of likely N-dealkylation sites (tertiary alicyclic amines) is 1. The number of rotatable bonds is 10. The van der Waals surface area contributed by atoms with Crippen LogP contribution >= 0.6 is 0 Å². The molecule has 1 fully saturated rings. The van der Waals surface area contributed by atoms with Gasteiger partial charge in [0.05, 0.1) is 19.7 Å². The predicted octanol–water partition coefficient (Wildman–Crippen LogP) is 0.758. The zero-order valence-electron chi connectivity index (χ0n) is 21.7. The van der Waals surface area contributed by atoms with Crippen molar-refractivity contribution in [3.05, 3.63) is 95.1 Å². The van der Waals surface area contributed by atoms with Crippen LogP contribution in [0.1, 0.15) is 40.7 Å². The van der Waals surface area contributed by atoms with Gasteiger partial charge in [-0.2, -0.15) is 0 Å². The SMILES string of the molecule is COc1cc(C(=O)[O-])ccc1OCCCN1CCC(C(O)(c2ccc(F)cc2)c2ccc(F)cc2)CC1.[Na+]. The van der Waals surface area contributed by atoms with Gasteiger partial charge in [-0.15, -0.1) is 0 Å². The molecule has 0 aromatic heterocycles. The Balaban J connectivity index is 0.00000400. The second-order valence-electron chi connectivity index (χ2n) is 9.25. The first-order chi connectivity index (χ1) is 17.8. The van der Waals surface area contributed by atoms with Crippen LogP contribution in [0.15, 0.2) is 66.7 Å². The van der Waals surface area contributed by atoms with Crippen LogP contribution < -0.4 is 44.1 Å². The van der Waals surface area contributed by atoms with Crippen molar-refractivity contribution in [3.63, 3.8) is 0 Å². The van der Waals surface area contributed by atoms with E-state index in [9.17, 15) is 23.8 Å². The van der Waals surface area contributed by atoms with Crippen molar-refractivity contribution in [2.45, 2.75) is 24.9 Å². The van der Waals surface area contributed by atoms with Crippen LogP contribution in [0, 0.1) is 17.6 Å². The molecule has 1 heterocycles. The summed E-state index contributed by atoms with van der Waals surface area (Å²) in [5.74, 6) is -1.36. The normalized spacial score (nSPS) is 14.5. The van der Waals surface area contributed by atoms with Gasteiger partial charge in [-0.25, -0.2) is 8.78 Å². The molecule has 1 aliphatic heterocycles. The molecule has 38 heavy (non-hydrogen) atoms. The maximum atomic E-state index is 13.6. The van der Waals surface area contributed by atoms with Crippen LogP contribution in [-0.2, 0) is 5.60 Å². The number of carbonyl (C=O) groups is 1. The number of halogens is 2. The van der Waals surface area contributed by atoms with Crippen LogP contribution in [0.25, 0.3) is 0 Å². The quantitative estimate of drug-likeness (QED) is 0.306. The molecule has 0 amide bonds. The number of hydrogen-bond acceptors (Lipinski definition) is 6. The summed E-state index contributed by atoms with van der Waals surface area (Å²) < 4.78 is 38.2. The van der Waals surface area contributed by atoms with Crippen LogP contribution in [0.4, 0.5) is 8.78 Å². The minimum absolute atomic E-state index is 0. The Labute approximate surface area is 243 Å². The van der Waals surface area contributed by atoms with Crippen LogP contribution in [0.3, 0.4) is 0 Å². The first-order valence-electron chi connectivity index (χ1n) is 12.3. The number of carbonyl (C=O) groups excluding carboxylic acids is 1. The monoisotopic (exact) mass is 533 g/mol. The molecule has 0 spiro atoms. The number of ether oxygens (including phenoxy) is 2. The fraction of sp³-hybridized carbons (Fsp3) is 0.345. The van der Waals surface area contributed by atoms with Gasteiger partial charge in [0.15, 0.2) is 11.5 Å². The smallest absolute Gasteiger partial charge is 0.545 e. The van der Waals surface area contributed by atoms with Gasteiger partial charge in [0.1, 0.15) is 17.2 Å². The average Bonchev–Trinajstić information content (AvgIpc) is 2.91. The second kappa shape index (κ2) is 13.5. The summed E-state index contributed by atoms with van der Waals surface area (Å²) in [6, 6.07) is 16.1. The summed E-state index contributed by atoms with van der Waals surface area (Å²) in [6.07, 6.45) is 2.17. The summed E-state index contributed by atoms with van der Waals surface area (Å²) in [5.41, 5.74) is -0.157. The van der Waals surface area contributed by atoms with Crippen molar-refractivity contribution < 1.29 is 62.8 Å². The molecule has 196 valence electrons. The Morgan fingerprint density at radius 1 is 0.974 bits per heavy atom. The van der Waals surface area contributed by atoms with E-state index in [4.69, 9.17) is 9.47 Å². The molecule has 4 rings (SSSR count). The minimum Gasteiger partial charge on any atom is -0.545 e. The van der Waals surface area contributed by atoms with E-state index < -0.39 is 11.6 Å². The van der Waals surface area contributed by atoms with E-state index in [1.54, 1.807) is 30.3 Å². The molecule has 3 aromatic rings. The van der Waals surface area contributed by atoms with Gasteiger partial charge in [-0.1, -0.05) is 24.3 Å². The molecular formula is C29H30F2NNaO5. The Bertz CT molecular complexity index is 1150. The Morgan fingerprint density at radius 3 is 2.03 bits per heavy atom. The third-order valence-electron chi connectivity index (χ3n) is 7.02. The Morgan fingerprint density at radius 2 is 1.53 bits per heavy atom. The van der Waals surface area contributed by atoms with Gasteiger partial charge in [0, 0.05) is 12.1 Å². The van der Waals surface area contributed by atoms with Gasteiger partial charge < -0.3 is 29.4 Å². The molecule has 1 N–H and O–H groups in total. The molecule has 0 unspecified atom stereocenters. The number of methoxy groups -OCH3 is 1. The summed E-state index contributed by atoms with van der Waals surface area (Å²) in [7, 11) is 1.45. The second-order valence-corrected chi connectivity index (χ2v) is 9.25. The van der Waals surface area contributed by atoms with E-state index >= 15 is 0 Å². The molecule has 0 aliphatic carbocycles. The number of aromatic carboxylic acids is 1. The van der Waals surface area contributed by atoms with Crippen molar-refractivity contribution in [3.8, 4) is 11.5 Å². The van der Waals surface area contributed by atoms with Crippen LogP contribution in [0.2, 0.25) is 0 Å². The van der Waals surface area contributed by atoms with Crippen molar-refractivity contribution in [1.82, 2.24) is 4.90 Å². The molecule has 0 radical (unpaired) electrons. The molecule has 3 aromatic carbocycles. The third-order valence-corrected chi connectivity index (χ3v) is 7.02. The molecule has 6 nitrogen and oxygen atoms in total. The average molecular weight is 534 g/mol. The van der Waals surface area contributed by atoms with Gasteiger partial charge >= 0.3 is 29.6 Å². The zero-order chi connectivity index (χ0) is 26.4. The number of nitrogens with zero attached hydrogens (tertiary/aromatic N) is 1.